The van der Waals surface area contributed by atoms with E-state index < -0.39 is 60.2 Å². The van der Waals surface area contributed by atoms with Gasteiger partial charge in [-0.25, -0.2) is 4.79 Å². The fourth-order valence-electron chi connectivity index (χ4n) is 3.71. The standard InChI is InChI=1S/C25H35N5O7/c1-4-13(2)21(26)24(35)29-18(9-10-20(31)32)23(34)28-14(3)22(33)30-19(25(36)37)11-15-12-27-17-8-6-5-7-16(15)17/h5-8,12-14,18-19,21,27H,4,9-11,26H2,1-3H3,(H,28,34)(H,29,35)(H,30,33)(H,31,32)(H,36,37). The van der Waals surface area contributed by atoms with E-state index in [2.05, 4.69) is 20.9 Å². The van der Waals surface area contributed by atoms with Crippen LogP contribution in [0.2, 0.25) is 0 Å². The molecule has 0 radical (unpaired) electrons. The van der Waals surface area contributed by atoms with Crippen molar-refractivity contribution in [2.45, 2.75) is 70.6 Å². The molecule has 2 aromatic rings. The summed E-state index contributed by atoms with van der Waals surface area (Å²) in [6.07, 6.45) is 1.70. The van der Waals surface area contributed by atoms with Crippen LogP contribution in [0.4, 0.5) is 0 Å². The summed E-state index contributed by atoms with van der Waals surface area (Å²) < 4.78 is 0. The van der Waals surface area contributed by atoms with Gasteiger partial charge in [0.25, 0.3) is 0 Å². The Morgan fingerprint density at radius 1 is 0.946 bits per heavy atom. The molecule has 0 bridgehead atoms. The van der Waals surface area contributed by atoms with Crippen molar-refractivity contribution in [3.05, 3.63) is 36.0 Å². The lowest BCUT2D eigenvalue weighted by atomic mass is 9.98. The van der Waals surface area contributed by atoms with E-state index in [-0.39, 0.29) is 18.8 Å². The van der Waals surface area contributed by atoms with Crippen LogP contribution < -0.4 is 21.7 Å². The number of aliphatic carboxylic acids is 2. The number of aromatic nitrogens is 1. The van der Waals surface area contributed by atoms with Crippen molar-refractivity contribution in [1.29, 1.82) is 0 Å². The number of carboxylic acid groups (broad SMARTS) is 2. The molecule has 0 aliphatic carbocycles. The summed E-state index contributed by atoms with van der Waals surface area (Å²) in [4.78, 5) is 64.0. The maximum absolute atomic E-state index is 12.8. The zero-order valence-corrected chi connectivity index (χ0v) is 21.1. The summed E-state index contributed by atoms with van der Waals surface area (Å²) in [5, 5.41) is 26.8. The van der Waals surface area contributed by atoms with Crippen LogP contribution in [0.5, 0.6) is 0 Å². The Morgan fingerprint density at radius 2 is 1.59 bits per heavy atom. The van der Waals surface area contributed by atoms with Crippen molar-refractivity contribution in [3.63, 3.8) is 0 Å². The highest BCUT2D eigenvalue weighted by molar-refractivity contribution is 5.94. The van der Waals surface area contributed by atoms with Gasteiger partial charge in [0.2, 0.25) is 17.7 Å². The van der Waals surface area contributed by atoms with Crippen LogP contribution in [0.15, 0.2) is 30.5 Å². The smallest absolute Gasteiger partial charge is 0.326 e. The molecule has 5 unspecified atom stereocenters. The monoisotopic (exact) mass is 517 g/mol. The maximum Gasteiger partial charge on any atom is 0.326 e. The van der Waals surface area contributed by atoms with Gasteiger partial charge in [0.1, 0.15) is 18.1 Å². The molecule has 1 heterocycles. The van der Waals surface area contributed by atoms with Gasteiger partial charge >= 0.3 is 11.9 Å². The molecule has 0 saturated carbocycles. The average Bonchev–Trinajstić information content (AvgIpc) is 3.27. The second-order valence-corrected chi connectivity index (χ2v) is 9.10. The van der Waals surface area contributed by atoms with Crippen molar-refractivity contribution in [1.82, 2.24) is 20.9 Å². The molecule has 37 heavy (non-hydrogen) atoms. The van der Waals surface area contributed by atoms with Crippen LogP contribution in [0.1, 0.15) is 45.6 Å². The Hall–Kier alpha value is -3.93. The van der Waals surface area contributed by atoms with E-state index in [4.69, 9.17) is 10.8 Å². The lowest BCUT2D eigenvalue weighted by molar-refractivity contribution is -0.142. The highest BCUT2D eigenvalue weighted by Gasteiger charge is 2.30. The first kappa shape index (κ1) is 29.3. The van der Waals surface area contributed by atoms with Crippen LogP contribution in [0.3, 0.4) is 0 Å². The van der Waals surface area contributed by atoms with Crippen LogP contribution >= 0.6 is 0 Å². The highest BCUT2D eigenvalue weighted by Crippen LogP contribution is 2.19. The van der Waals surface area contributed by atoms with Crippen molar-refractivity contribution in [2.75, 3.05) is 0 Å². The summed E-state index contributed by atoms with van der Waals surface area (Å²) in [6, 6.07) is 2.78. The Balaban J connectivity index is 2.06. The van der Waals surface area contributed by atoms with E-state index in [9.17, 15) is 29.1 Å². The molecule has 3 amide bonds. The number of fused-ring (bicyclic) bond motifs is 1. The van der Waals surface area contributed by atoms with Gasteiger partial charge in [-0.1, -0.05) is 38.5 Å². The summed E-state index contributed by atoms with van der Waals surface area (Å²) in [7, 11) is 0. The molecule has 1 aromatic carbocycles. The lowest BCUT2D eigenvalue weighted by Gasteiger charge is -2.24. The molecule has 0 saturated heterocycles. The topological polar surface area (TPSA) is 204 Å². The number of nitrogens with two attached hydrogens (primary N) is 1. The third-order valence-corrected chi connectivity index (χ3v) is 6.31. The quantitative estimate of drug-likeness (QED) is 0.188. The molecule has 1 aromatic heterocycles. The molecule has 5 atom stereocenters. The Labute approximate surface area is 214 Å². The number of para-hydroxylation sites is 1. The predicted octanol–water partition coefficient (Wildman–Crippen LogP) is 0.508. The van der Waals surface area contributed by atoms with E-state index in [1.54, 1.807) is 13.1 Å². The second-order valence-electron chi connectivity index (χ2n) is 9.10. The minimum atomic E-state index is -1.26. The first-order chi connectivity index (χ1) is 17.4. The number of aromatic amines is 1. The molecule has 12 heteroatoms. The van der Waals surface area contributed by atoms with E-state index in [0.29, 0.717) is 12.0 Å². The largest absolute Gasteiger partial charge is 0.481 e. The number of benzene rings is 1. The third kappa shape index (κ3) is 8.31. The Kier molecular flexibility index (Phi) is 10.6. The molecule has 0 fully saturated rings. The van der Waals surface area contributed by atoms with E-state index in [1.807, 2.05) is 31.2 Å². The van der Waals surface area contributed by atoms with Crippen LogP contribution in [0, 0.1) is 5.92 Å². The fourth-order valence-corrected chi connectivity index (χ4v) is 3.71. The number of carboxylic acids is 2. The fraction of sp³-hybridized carbons (Fsp3) is 0.480. The van der Waals surface area contributed by atoms with Crippen LogP contribution in [0.25, 0.3) is 10.9 Å². The predicted molar refractivity (Wildman–Crippen MR) is 135 cm³/mol. The molecule has 0 spiro atoms. The molecule has 202 valence electrons. The second kappa shape index (κ2) is 13.4. The SMILES string of the molecule is CCC(C)C(N)C(=O)NC(CCC(=O)O)C(=O)NC(C)C(=O)NC(Cc1c[nH]c2ccccc12)C(=O)O. The Bertz CT molecular complexity index is 1130. The molecule has 0 aliphatic rings. The number of rotatable bonds is 14. The molecule has 8 N–H and O–H groups in total. The third-order valence-electron chi connectivity index (χ3n) is 6.31. The summed E-state index contributed by atoms with van der Waals surface area (Å²) in [5.74, 6) is -4.72. The zero-order chi connectivity index (χ0) is 27.7. The van der Waals surface area contributed by atoms with E-state index in [1.165, 1.54) is 6.92 Å². The number of nitrogens with one attached hydrogen (secondary N) is 4. The van der Waals surface area contributed by atoms with Gasteiger partial charge in [0, 0.05) is 29.9 Å². The first-order valence-electron chi connectivity index (χ1n) is 12.1. The van der Waals surface area contributed by atoms with Gasteiger partial charge < -0.3 is 36.9 Å². The summed E-state index contributed by atoms with van der Waals surface area (Å²) in [5.41, 5.74) is 7.45. The van der Waals surface area contributed by atoms with Gasteiger partial charge in [-0.15, -0.1) is 0 Å². The molecule has 0 aliphatic heterocycles. The van der Waals surface area contributed by atoms with E-state index >= 15 is 0 Å². The normalized spacial score (nSPS) is 15.1. The average molecular weight is 518 g/mol. The summed E-state index contributed by atoms with van der Waals surface area (Å²) in [6.45, 7) is 4.99. The number of hydrogen-bond donors (Lipinski definition) is 7. The number of hydrogen-bond acceptors (Lipinski definition) is 6. The van der Waals surface area contributed by atoms with Crippen molar-refractivity contribution >= 4 is 40.6 Å². The number of carbonyl (C=O) groups excluding carboxylic acids is 3. The number of H-pyrrole nitrogens is 1. The number of amides is 3. The van der Waals surface area contributed by atoms with Crippen LogP contribution in [-0.2, 0) is 30.4 Å². The first-order valence-corrected chi connectivity index (χ1v) is 12.1. The molecular weight excluding hydrogens is 482 g/mol. The number of carbonyl (C=O) groups is 5. The van der Waals surface area contributed by atoms with Gasteiger partial charge in [-0.2, -0.15) is 0 Å². The van der Waals surface area contributed by atoms with Crippen molar-refractivity contribution < 1.29 is 34.2 Å². The van der Waals surface area contributed by atoms with Crippen molar-refractivity contribution in [2.24, 2.45) is 11.7 Å². The highest BCUT2D eigenvalue weighted by atomic mass is 16.4. The van der Waals surface area contributed by atoms with E-state index in [0.717, 1.165) is 10.9 Å². The van der Waals surface area contributed by atoms with Crippen LogP contribution in [-0.4, -0.2) is 69.0 Å². The molecule has 2 rings (SSSR count). The van der Waals surface area contributed by atoms with Gasteiger partial charge in [-0.3, -0.25) is 19.2 Å². The van der Waals surface area contributed by atoms with Gasteiger partial charge in [0.05, 0.1) is 6.04 Å². The minimum Gasteiger partial charge on any atom is -0.481 e. The minimum absolute atomic E-state index is 0.0105. The summed E-state index contributed by atoms with van der Waals surface area (Å²) >= 11 is 0. The van der Waals surface area contributed by atoms with Crippen molar-refractivity contribution in [3.8, 4) is 0 Å². The van der Waals surface area contributed by atoms with Gasteiger partial charge in [0.15, 0.2) is 0 Å². The Morgan fingerprint density at radius 3 is 2.22 bits per heavy atom. The lowest BCUT2D eigenvalue weighted by Crippen LogP contribution is -2.57. The van der Waals surface area contributed by atoms with Gasteiger partial charge in [-0.05, 0) is 30.9 Å². The zero-order valence-electron chi connectivity index (χ0n) is 21.1. The molecular formula is C25H35N5O7. The molecule has 12 nitrogen and oxygen atoms in total. The maximum atomic E-state index is 12.8.